The van der Waals surface area contributed by atoms with E-state index in [1.54, 1.807) is 34.5 Å². The second kappa shape index (κ2) is 8.58. The Labute approximate surface area is 113 Å². The third-order valence-electron chi connectivity index (χ3n) is 2.54. The van der Waals surface area contributed by atoms with Crippen LogP contribution in [0.4, 0.5) is 0 Å². The van der Waals surface area contributed by atoms with E-state index in [4.69, 9.17) is 23.8 Å². The van der Waals surface area contributed by atoms with E-state index in [2.05, 4.69) is 5.48 Å². The third-order valence-corrected chi connectivity index (χ3v) is 2.54. The van der Waals surface area contributed by atoms with Gasteiger partial charge >= 0.3 is 0 Å². The van der Waals surface area contributed by atoms with Gasteiger partial charge in [-0.05, 0) is 6.07 Å². The van der Waals surface area contributed by atoms with Gasteiger partial charge in [0.2, 0.25) is 0 Å². The third kappa shape index (κ3) is 4.59. The molecule has 0 fully saturated rings. The van der Waals surface area contributed by atoms with E-state index >= 15 is 0 Å². The van der Waals surface area contributed by atoms with Gasteiger partial charge in [-0.1, -0.05) is 0 Å². The summed E-state index contributed by atoms with van der Waals surface area (Å²) in [6.45, 7) is 1.51. The largest absolute Gasteiger partial charge is 0.496 e. The zero-order valence-electron chi connectivity index (χ0n) is 11.8. The van der Waals surface area contributed by atoms with E-state index in [1.165, 1.54) is 0 Å². The average molecular weight is 271 g/mol. The Morgan fingerprint density at radius 2 is 1.47 bits per heavy atom. The second-order valence-corrected chi connectivity index (χ2v) is 3.68. The topological polar surface area (TPSA) is 58.2 Å². The maximum atomic E-state index is 5.31. The molecule has 1 aromatic carbocycles. The standard InChI is InChI=1S/C13H21NO5/c1-15-5-6-19-14-9-10-7-12(17-3)13(18-4)8-11(10)16-2/h7-8,14H,5-6,9H2,1-4H3. The number of methoxy groups -OCH3 is 4. The van der Waals surface area contributed by atoms with Crippen LogP contribution < -0.4 is 19.7 Å². The summed E-state index contributed by atoms with van der Waals surface area (Å²) in [6.07, 6.45) is 0. The summed E-state index contributed by atoms with van der Waals surface area (Å²) in [7, 11) is 6.41. The number of rotatable bonds is 9. The first-order valence-electron chi connectivity index (χ1n) is 5.89. The highest BCUT2D eigenvalue weighted by Gasteiger charge is 2.11. The van der Waals surface area contributed by atoms with Crippen molar-refractivity contribution >= 4 is 0 Å². The van der Waals surface area contributed by atoms with Crippen LogP contribution in [0.2, 0.25) is 0 Å². The van der Waals surface area contributed by atoms with Gasteiger partial charge in [0.05, 0.1) is 34.5 Å². The van der Waals surface area contributed by atoms with Crippen LogP contribution in [0.1, 0.15) is 5.56 Å². The molecule has 0 saturated heterocycles. The van der Waals surface area contributed by atoms with Gasteiger partial charge in [-0.2, -0.15) is 5.48 Å². The summed E-state index contributed by atoms with van der Waals surface area (Å²) in [5.74, 6) is 1.99. The molecule has 0 radical (unpaired) electrons. The Kier molecular flexibility index (Phi) is 7.02. The van der Waals surface area contributed by atoms with Crippen molar-refractivity contribution in [2.24, 2.45) is 0 Å². The molecule has 0 spiro atoms. The lowest BCUT2D eigenvalue weighted by molar-refractivity contribution is 0.00319. The van der Waals surface area contributed by atoms with Gasteiger partial charge in [-0.3, -0.25) is 4.84 Å². The van der Waals surface area contributed by atoms with Crippen molar-refractivity contribution in [3.8, 4) is 17.2 Å². The number of hydroxylamine groups is 1. The van der Waals surface area contributed by atoms with Crippen molar-refractivity contribution in [1.82, 2.24) is 5.48 Å². The molecule has 1 aromatic rings. The monoisotopic (exact) mass is 271 g/mol. The minimum atomic E-state index is 0.478. The maximum absolute atomic E-state index is 5.31. The maximum Gasteiger partial charge on any atom is 0.164 e. The van der Waals surface area contributed by atoms with Crippen molar-refractivity contribution in [3.63, 3.8) is 0 Å². The molecule has 0 saturated carbocycles. The van der Waals surface area contributed by atoms with Gasteiger partial charge in [0.25, 0.3) is 0 Å². The number of hydrogen-bond acceptors (Lipinski definition) is 6. The first-order valence-corrected chi connectivity index (χ1v) is 5.89. The number of hydrogen-bond donors (Lipinski definition) is 1. The van der Waals surface area contributed by atoms with E-state index in [-0.39, 0.29) is 0 Å². The highest BCUT2D eigenvalue weighted by molar-refractivity contribution is 5.50. The van der Waals surface area contributed by atoms with Crippen LogP contribution in [-0.2, 0) is 16.1 Å². The van der Waals surface area contributed by atoms with E-state index in [1.807, 2.05) is 6.07 Å². The van der Waals surface area contributed by atoms with E-state index < -0.39 is 0 Å². The summed E-state index contributed by atoms with van der Waals surface area (Å²) < 4.78 is 20.7. The Morgan fingerprint density at radius 3 is 2.05 bits per heavy atom. The lowest BCUT2D eigenvalue weighted by Crippen LogP contribution is -2.17. The molecule has 6 nitrogen and oxygen atoms in total. The molecule has 0 aliphatic heterocycles. The van der Waals surface area contributed by atoms with E-state index in [0.29, 0.717) is 37.0 Å². The van der Waals surface area contributed by atoms with Crippen LogP contribution in [-0.4, -0.2) is 41.7 Å². The van der Waals surface area contributed by atoms with E-state index in [9.17, 15) is 0 Å². The molecule has 6 heteroatoms. The molecular formula is C13H21NO5. The van der Waals surface area contributed by atoms with Crippen LogP contribution >= 0.6 is 0 Å². The summed E-state index contributed by atoms with van der Waals surface area (Å²) in [5.41, 5.74) is 3.76. The van der Waals surface area contributed by atoms with Gasteiger partial charge in [-0.15, -0.1) is 0 Å². The van der Waals surface area contributed by atoms with Gasteiger partial charge in [0, 0.05) is 25.3 Å². The quantitative estimate of drug-likeness (QED) is 0.541. The molecular weight excluding hydrogens is 250 g/mol. The Bertz CT molecular complexity index is 384. The SMILES string of the molecule is COCCONCc1cc(OC)c(OC)cc1OC. The van der Waals surface area contributed by atoms with Crippen molar-refractivity contribution in [3.05, 3.63) is 17.7 Å². The van der Waals surface area contributed by atoms with Crippen LogP contribution in [0, 0.1) is 0 Å². The first kappa shape index (κ1) is 15.6. The fourth-order valence-electron chi connectivity index (χ4n) is 1.56. The van der Waals surface area contributed by atoms with Crippen molar-refractivity contribution in [2.75, 3.05) is 41.7 Å². The molecule has 0 atom stereocenters. The average Bonchev–Trinajstić information content (AvgIpc) is 2.46. The zero-order chi connectivity index (χ0) is 14.1. The minimum absolute atomic E-state index is 0.478. The van der Waals surface area contributed by atoms with Gasteiger partial charge < -0.3 is 18.9 Å². The fraction of sp³-hybridized carbons (Fsp3) is 0.538. The number of ether oxygens (including phenoxy) is 4. The van der Waals surface area contributed by atoms with E-state index in [0.717, 1.165) is 5.56 Å². The predicted octanol–water partition coefficient (Wildman–Crippen LogP) is 1.38. The predicted molar refractivity (Wildman–Crippen MR) is 70.8 cm³/mol. The minimum Gasteiger partial charge on any atom is -0.496 e. The summed E-state index contributed by atoms with van der Waals surface area (Å²) in [4.78, 5) is 5.20. The smallest absolute Gasteiger partial charge is 0.164 e. The van der Waals surface area contributed by atoms with Crippen molar-refractivity contribution < 1.29 is 23.8 Å². The zero-order valence-corrected chi connectivity index (χ0v) is 11.8. The van der Waals surface area contributed by atoms with Gasteiger partial charge in [0.15, 0.2) is 11.5 Å². The molecule has 0 bridgehead atoms. The molecule has 108 valence electrons. The molecule has 1 rings (SSSR count). The Morgan fingerprint density at radius 1 is 0.842 bits per heavy atom. The molecule has 1 N–H and O–H groups in total. The molecule has 0 aromatic heterocycles. The molecule has 0 heterocycles. The van der Waals surface area contributed by atoms with Crippen LogP contribution in [0.5, 0.6) is 17.2 Å². The molecule has 0 aliphatic carbocycles. The number of benzene rings is 1. The van der Waals surface area contributed by atoms with Gasteiger partial charge in [0.1, 0.15) is 5.75 Å². The highest BCUT2D eigenvalue weighted by atomic mass is 16.7. The Hall–Kier alpha value is -1.50. The Balaban J connectivity index is 2.70. The second-order valence-electron chi connectivity index (χ2n) is 3.68. The lowest BCUT2D eigenvalue weighted by Gasteiger charge is -2.14. The summed E-state index contributed by atoms with van der Waals surface area (Å²) >= 11 is 0. The normalized spacial score (nSPS) is 10.3. The molecule has 19 heavy (non-hydrogen) atoms. The van der Waals surface area contributed by atoms with Crippen LogP contribution in [0.3, 0.4) is 0 Å². The van der Waals surface area contributed by atoms with Crippen molar-refractivity contribution in [1.29, 1.82) is 0 Å². The molecule has 0 aliphatic rings. The van der Waals surface area contributed by atoms with Gasteiger partial charge in [-0.25, -0.2) is 0 Å². The lowest BCUT2D eigenvalue weighted by atomic mass is 10.1. The van der Waals surface area contributed by atoms with Crippen LogP contribution in [0.25, 0.3) is 0 Å². The first-order chi connectivity index (χ1) is 9.26. The summed E-state index contributed by atoms with van der Waals surface area (Å²) in [6, 6.07) is 3.63. The van der Waals surface area contributed by atoms with Crippen molar-refractivity contribution in [2.45, 2.75) is 6.54 Å². The molecule has 0 unspecified atom stereocenters. The fourth-order valence-corrected chi connectivity index (χ4v) is 1.56. The molecule has 0 amide bonds. The summed E-state index contributed by atoms with van der Waals surface area (Å²) in [5, 5.41) is 0. The van der Waals surface area contributed by atoms with Crippen LogP contribution in [0.15, 0.2) is 12.1 Å². The number of nitrogens with one attached hydrogen (secondary N) is 1. The highest BCUT2D eigenvalue weighted by Crippen LogP contribution is 2.34.